The van der Waals surface area contributed by atoms with Crippen LogP contribution in [0.15, 0.2) is 30.5 Å². The summed E-state index contributed by atoms with van der Waals surface area (Å²) >= 11 is 0. The number of rotatable bonds is 6. The molecule has 120 valence electrons. The summed E-state index contributed by atoms with van der Waals surface area (Å²) in [6.07, 6.45) is -2.85. The molecule has 2 rings (SSSR count). The molecule has 0 saturated carbocycles. The maximum atomic E-state index is 12.7. The van der Waals surface area contributed by atoms with Gasteiger partial charge in [-0.15, -0.1) is 0 Å². The van der Waals surface area contributed by atoms with E-state index in [1.165, 1.54) is 12.3 Å². The van der Waals surface area contributed by atoms with Crippen molar-refractivity contribution in [3.8, 4) is 0 Å². The average Bonchev–Trinajstić information content (AvgIpc) is 2.46. The van der Waals surface area contributed by atoms with Gasteiger partial charge in [0.2, 0.25) is 0 Å². The van der Waals surface area contributed by atoms with Gasteiger partial charge in [-0.1, -0.05) is 6.07 Å². The van der Waals surface area contributed by atoms with E-state index < -0.39 is 11.7 Å². The summed E-state index contributed by atoms with van der Waals surface area (Å²) in [7, 11) is 1.97. The number of likely N-dealkylation sites (N-methyl/N-ethyl adjacent to an activating group) is 1. The molecule has 0 bridgehead atoms. The van der Waals surface area contributed by atoms with E-state index >= 15 is 0 Å². The van der Waals surface area contributed by atoms with Gasteiger partial charge in [0.1, 0.15) is 0 Å². The number of hydrogen-bond donors (Lipinski definition) is 2. The molecule has 0 atom stereocenters. The average molecular weight is 312 g/mol. The van der Waals surface area contributed by atoms with Crippen molar-refractivity contribution < 1.29 is 13.2 Å². The number of nitrogens with two attached hydrogens (primary N) is 1. The molecule has 4 nitrogen and oxygen atoms in total. The van der Waals surface area contributed by atoms with Crippen molar-refractivity contribution in [3.05, 3.63) is 36.0 Å². The molecule has 0 radical (unpaired) electrons. The molecular formula is C15H19F3N4. The van der Waals surface area contributed by atoms with Gasteiger partial charge in [0, 0.05) is 43.4 Å². The summed E-state index contributed by atoms with van der Waals surface area (Å²) in [6, 6.07) is 5.37. The molecule has 1 heterocycles. The topological polar surface area (TPSA) is 54.2 Å². The molecule has 3 N–H and O–H groups in total. The van der Waals surface area contributed by atoms with E-state index in [2.05, 4.69) is 15.2 Å². The number of fused-ring (bicyclic) bond motifs is 1. The molecular weight excluding hydrogens is 293 g/mol. The third-order valence-electron chi connectivity index (χ3n) is 3.39. The Morgan fingerprint density at radius 3 is 2.68 bits per heavy atom. The Labute approximate surface area is 127 Å². The lowest BCUT2D eigenvalue weighted by Crippen LogP contribution is -2.30. The lowest BCUT2D eigenvalue weighted by molar-refractivity contribution is -0.137. The summed E-state index contributed by atoms with van der Waals surface area (Å²) in [5.41, 5.74) is 5.89. The number of hydrogen-bond acceptors (Lipinski definition) is 4. The Morgan fingerprint density at radius 2 is 2.00 bits per heavy atom. The fraction of sp³-hybridized carbons (Fsp3) is 0.400. The van der Waals surface area contributed by atoms with Crippen molar-refractivity contribution in [1.82, 2.24) is 9.88 Å². The van der Waals surface area contributed by atoms with Crippen molar-refractivity contribution in [2.75, 3.05) is 38.5 Å². The quantitative estimate of drug-likeness (QED) is 0.861. The van der Waals surface area contributed by atoms with E-state index in [1.54, 1.807) is 6.07 Å². The first-order valence-electron chi connectivity index (χ1n) is 7.00. The van der Waals surface area contributed by atoms with Crippen LogP contribution in [0.5, 0.6) is 0 Å². The molecule has 0 aliphatic heterocycles. The van der Waals surface area contributed by atoms with Gasteiger partial charge < -0.3 is 16.0 Å². The zero-order valence-corrected chi connectivity index (χ0v) is 12.3. The fourth-order valence-electron chi connectivity index (χ4n) is 2.19. The lowest BCUT2D eigenvalue weighted by atomic mass is 10.1. The first-order chi connectivity index (χ1) is 10.4. The molecule has 22 heavy (non-hydrogen) atoms. The Balaban J connectivity index is 2.14. The van der Waals surface area contributed by atoms with Crippen LogP contribution in [0.25, 0.3) is 10.9 Å². The normalized spacial score (nSPS) is 12.1. The maximum absolute atomic E-state index is 12.7. The third kappa shape index (κ3) is 4.08. The number of nitrogens with one attached hydrogen (secondary N) is 1. The summed E-state index contributed by atoms with van der Waals surface area (Å²) in [4.78, 5) is 6.10. The molecule has 0 aliphatic rings. The van der Waals surface area contributed by atoms with Crippen LogP contribution in [-0.4, -0.2) is 43.1 Å². The molecule has 0 amide bonds. The third-order valence-corrected chi connectivity index (χ3v) is 3.39. The van der Waals surface area contributed by atoms with Crippen LogP contribution in [0.2, 0.25) is 0 Å². The van der Waals surface area contributed by atoms with Crippen molar-refractivity contribution in [2.45, 2.75) is 6.18 Å². The molecule has 1 aromatic carbocycles. The van der Waals surface area contributed by atoms with Crippen molar-refractivity contribution in [3.63, 3.8) is 0 Å². The zero-order valence-electron chi connectivity index (χ0n) is 12.3. The fourth-order valence-corrected chi connectivity index (χ4v) is 2.19. The Kier molecular flexibility index (Phi) is 5.20. The van der Waals surface area contributed by atoms with E-state index in [0.717, 1.165) is 30.9 Å². The van der Waals surface area contributed by atoms with Crippen LogP contribution in [0.4, 0.5) is 18.9 Å². The predicted molar refractivity (Wildman–Crippen MR) is 81.8 cm³/mol. The van der Waals surface area contributed by atoms with Crippen LogP contribution in [0.3, 0.4) is 0 Å². The van der Waals surface area contributed by atoms with Crippen LogP contribution in [0.1, 0.15) is 5.56 Å². The summed E-state index contributed by atoms with van der Waals surface area (Å²) in [5, 5.41) is 3.91. The zero-order chi connectivity index (χ0) is 16.2. The van der Waals surface area contributed by atoms with E-state index in [1.807, 2.05) is 7.05 Å². The second kappa shape index (κ2) is 6.93. The van der Waals surface area contributed by atoms with E-state index in [4.69, 9.17) is 5.73 Å². The van der Waals surface area contributed by atoms with Crippen LogP contribution in [0, 0.1) is 0 Å². The molecule has 1 aromatic heterocycles. The molecule has 0 aliphatic carbocycles. The van der Waals surface area contributed by atoms with Crippen molar-refractivity contribution >= 4 is 16.6 Å². The van der Waals surface area contributed by atoms with Gasteiger partial charge in [-0.2, -0.15) is 13.2 Å². The second-order valence-electron chi connectivity index (χ2n) is 5.11. The van der Waals surface area contributed by atoms with Gasteiger partial charge >= 0.3 is 6.18 Å². The van der Waals surface area contributed by atoms with Crippen LogP contribution < -0.4 is 11.1 Å². The maximum Gasteiger partial charge on any atom is 0.416 e. The van der Waals surface area contributed by atoms with Crippen LogP contribution >= 0.6 is 0 Å². The highest BCUT2D eigenvalue weighted by Crippen LogP contribution is 2.32. The number of benzene rings is 1. The van der Waals surface area contributed by atoms with Crippen molar-refractivity contribution in [1.29, 1.82) is 0 Å². The van der Waals surface area contributed by atoms with Gasteiger partial charge in [0.15, 0.2) is 0 Å². The smallest absolute Gasteiger partial charge is 0.383 e. The number of pyridine rings is 1. The number of nitrogens with zero attached hydrogens (tertiary/aromatic N) is 2. The number of halogens is 3. The predicted octanol–water partition coefficient (Wildman–Crippen LogP) is 2.56. The largest absolute Gasteiger partial charge is 0.416 e. The first kappa shape index (κ1) is 16.5. The van der Waals surface area contributed by atoms with E-state index in [9.17, 15) is 13.2 Å². The molecule has 0 unspecified atom stereocenters. The van der Waals surface area contributed by atoms with Gasteiger partial charge in [0.25, 0.3) is 0 Å². The van der Waals surface area contributed by atoms with Gasteiger partial charge in [0.05, 0.1) is 11.1 Å². The highest BCUT2D eigenvalue weighted by atomic mass is 19.4. The first-order valence-corrected chi connectivity index (χ1v) is 7.00. The number of anilines is 1. The standard InChI is InChI=1S/C15H19F3N4/c1-22(8-5-19)9-7-21-13-4-6-20-14-10-11(15(16,17)18)2-3-12(13)14/h2-4,6,10H,5,7-9,19H2,1H3,(H,20,21). The highest BCUT2D eigenvalue weighted by Gasteiger charge is 2.30. The summed E-state index contributed by atoms with van der Waals surface area (Å²) < 4.78 is 38.2. The Morgan fingerprint density at radius 1 is 1.23 bits per heavy atom. The second-order valence-corrected chi connectivity index (χ2v) is 5.11. The van der Waals surface area contributed by atoms with Gasteiger partial charge in [-0.3, -0.25) is 4.98 Å². The minimum Gasteiger partial charge on any atom is -0.383 e. The summed E-state index contributed by atoms with van der Waals surface area (Å²) in [6.45, 7) is 2.86. The SMILES string of the molecule is CN(CCN)CCNc1ccnc2cc(C(F)(F)F)ccc12. The molecule has 0 fully saturated rings. The van der Waals surface area contributed by atoms with Crippen LogP contribution in [-0.2, 0) is 6.18 Å². The minimum absolute atomic E-state index is 0.329. The van der Waals surface area contributed by atoms with Crippen molar-refractivity contribution in [2.24, 2.45) is 5.73 Å². The molecule has 0 saturated heterocycles. The molecule has 2 aromatic rings. The highest BCUT2D eigenvalue weighted by molar-refractivity contribution is 5.91. The summed E-state index contributed by atoms with van der Waals surface area (Å²) in [5.74, 6) is 0. The minimum atomic E-state index is -4.36. The van der Waals surface area contributed by atoms with E-state index in [0.29, 0.717) is 24.0 Å². The van der Waals surface area contributed by atoms with Gasteiger partial charge in [-0.05, 0) is 25.2 Å². The lowest BCUT2D eigenvalue weighted by Gasteiger charge is -2.17. The molecule has 0 spiro atoms. The number of alkyl halides is 3. The Bertz CT molecular complexity index is 628. The number of aromatic nitrogens is 1. The Hall–Kier alpha value is -1.86. The molecule has 7 heteroatoms. The monoisotopic (exact) mass is 312 g/mol. The van der Waals surface area contributed by atoms with E-state index in [-0.39, 0.29) is 0 Å². The van der Waals surface area contributed by atoms with Gasteiger partial charge in [-0.25, -0.2) is 0 Å².